The van der Waals surface area contributed by atoms with Gasteiger partial charge in [0.15, 0.2) is 11.5 Å². The molecule has 2 rings (SSSR count). The van der Waals surface area contributed by atoms with E-state index >= 15 is 0 Å². The van der Waals surface area contributed by atoms with Crippen LogP contribution in [0.25, 0.3) is 0 Å². The first-order valence-electron chi connectivity index (χ1n) is 6.41. The molecule has 0 aliphatic rings. The molecule has 2 aromatic rings. The van der Waals surface area contributed by atoms with Gasteiger partial charge in [-0.2, -0.15) is 0 Å². The minimum atomic E-state index is -1.07. The van der Waals surface area contributed by atoms with E-state index in [1.54, 1.807) is 30.3 Å². The Balaban J connectivity index is 2.44. The zero-order valence-corrected chi connectivity index (χ0v) is 12.5. The molecule has 0 saturated carbocycles. The maximum Gasteiger partial charge on any atom is 0.339 e. The first-order chi connectivity index (χ1) is 10.6. The molecule has 0 saturated heterocycles. The molecular weight excluding hydrogens is 288 g/mol. The Bertz CT molecular complexity index is 655. The van der Waals surface area contributed by atoms with Crippen LogP contribution in [-0.2, 0) is 0 Å². The zero-order valence-electron chi connectivity index (χ0n) is 12.5. The van der Waals surface area contributed by atoms with Crippen molar-refractivity contribution < 1.29 is 28.8 Å². The van der Waals surface area contributed by atoms with Gasteiger partial charge in [0.1, 0.15) is 17.1 Å². The van der Waals surface area contributed by atoms with Crippen molar-refractivity contribution in [3.05, 3.63) is 42.0 Å². The van der Waals surface area contributed by atoms with Crippen LogP contribution in [0.15, 0.2) is 36.4 Å². The van der Waals surface area contributed by atoms with Gasteiger partial charge in [-0.15, -0.1) is 0 Å². The van der Waals surface area contributed by atoms with Crippen molar-refractivity contribution in [1.29, 1.82) is 0 Å². The molecule has 0 unspecified atom stereocenters. The van der Waals surface area contributed by atoms with Crippen molar-refractivity contribution in [3.63, 3.8) is 0 Å². The van der Waals surface area contributed by atoms with E-state index in [1.807, 2.05) is 0 Å². The minimum absolute atomic E-state index is 0.0660. The van der Waals surface area contributed by atoms with Crippen LogP contribution in [0.1, 0.15) is 10.4 Å². The molecule has 22 heavy (non-hydrogen) atoms. The lowest BCUT2D eigenvalue weighted by Crippen LogP contribution is -2.00. The van der Waals surface area contributed by atoms with Crippen LogP contribution in [0, 0.1) is 0 Å². The number of carboxylic acid groups (broad SMARTS) is 1. The van der Waals surface area contributed by atoms with Gasteiger partial charge in [0, 0.05) is 12.1 Å². The Kier molecular flexibility index (Phi) is 4.73. The number of methoxy groups -OCH3 is 3. The average molecular weight is 304 g/mol. The number of carboxylic acids is 1. The Morgan fingerprint density at radius 3 is 2.00 bits per heavy atom. The molecule has 1 N–H and O–H groups in total. The fourth-order valence-electron chi connectivity index (χ4n) is 1.98. The summed E-state index contributed by atoms with van der Waals surface area (Å²) < 4.78 is 21.4. The molecule has 0 spiro atoms. The first-order valence-corrected chi connectivity index (χ1v) is 6.41. The largest absolute Gasteiger partial charge is 0.493 e. The molecule has 0 fully saturated rings. The van der Waals surface area contributed by atoms with Crippen LogP contribution in [0.2, 0.25) is 0 Å². The summed E-state index contributed by atoms with van der Waals surface area (Å²) >= 11 is 0. The highest BCUT2D eigenvalue weighted by Gasteiger charge is 2.16. The second-order valence-electron chi connectivity index (χ2n) is 4.26. The Hall–Kier alpha value is -2.89. The number of hydrogen-bond donors (Lipinski definition) is 1. The lowest BCUT2D eigenvalue weighted by atomic mass is 10.2. The molecule has 0 atom stereocenters. The average Bonchev–Trinajstić information content (AvgIpc) is 2.54. The highest BCUT2D eigenvalue weighted by atomic mass is 16.5. The predicted molar refractivity (Wildman–Crippen MR) is 79.6 cm³/mol. The second-order valence-corrected chi connectivity index (χ2v) is 4.26. The molecule has 2 aromatic carbocycles. The number of benzene rings is 2. The number of carbonyl (C=O) groups is 1. The third-order valence-corrected chi connectivity index (χ3v) is 2.98. The lowest BCUT2D eigenvalue weighted by Gasteiger charge is -2.15. The van der Waals surface area contributed by atoms with Gasteiger partial charge in [-0.3, -0.25) is 0 Å². The summed E-state index contributed by atoms with van der Waals surface area (Å²) in [5.74, 6) is 0.814. The van der Waals surface area contributed by atoms with Gasteiger partial charge in [0.25, 0.3) is 0 Å². The summed E-state index contributed by atoms with van der Waals surface area (Å²) in [6.45, 7) is 0. The van der Waals surface area contributed by atoms with Gasteiger partial charge >= 0.3 is 5.97 Å². The lowest BCUT2D eigenvalue weighted by molar-refractivity contribution is 0.0694. The van der Waals surface area contributed by atoms with E-state index in [-0.39, 0.29) is 11.3 Å². The quantitative estimate of drug-likeness (QED) is 0.883. The van der Waals surface area contributed by atoms with Crippen molar-refractivity contribution in [2.24, 2.45) is 0 Å². The first kappa shape index (κ1) is 15.5. The molecule has 116 valence electrons. The summed E-state index contributed by atoms with van der Waals surface area (Å²) in [6, 6.07) is 9.56. The number of rotatable bonds is 6. The molecule has 0 amide bonds. The molecule has 0 aliphatic carbocycles. The van der Waals surface area contributed by atoms with Crippen LogP contribution >= 0.6 is 0 Å². The van der Waals surface area contributed by atoms with Gasteiger partial charge in [0.05, 0.1) is 21.3 Å². The van der Waals surface area contributed by atoms with Crippen LogP contribution in [0.4, 0.5) is 0 Å². The fourth-order valence-corrected chi connectivity index (χ4v) is 1.98. The van der Waals surface area contributed by atoms with Crippen LogP contribution in [0.3, 0.4) is 0 Å². The van der Waals surface area contributed by atoms with Crippen LogP contribution in [-0.4, -0.2) is 32.4 Å². The zero-order chi connectivity index (χ0) is 16.1. The summed E-state index contributed by atoms with van der Waals surface area (Å²) in [7, 11) is 4.49. The highest BCUT2D eigenvalue weighted by molar-refractivity contribution is 5.90. The number of ether oxygens (including phenoxy) is 4. The highest BCUT2D eigenvalue weighted by Crippen LogP contribution is 2.42. The SMILES string of the molecule is COc1cc(Oc2ccccc2C(=O)O)cc(OC)c1OC. The van der Waals surface area contributed by atoms with E-state index < -0.39 is 5.97 Å². The molecule has 0 heterocycles. The summed E-state index contributed by atoms with van der Waals surface area (Å²) in [5, 5.41) is 9.18. The topological polar surface area (TPSA) is 74.2 Å². The van der Waals surface area contributed by atoms with E-state index in [0.717, 1.165) is 0 Å². The van der Waals surface area contributed by atoms with E-state index in [0.29, 0.717) is 23.0 Å². The minimum Gasteiger partial charge on any atom is -0.493 e. The van der Waals surface area contributed by atoms with Crippen molar-refractivity contribution in [3.8, 4) is 28.7 Å². The summed E-state index contributed by atoms with van der Waals surface area (Å²) in [5.41, 5.74) is 0.0660. The number of para-hydroxylation sites is 1. The molecule has 6 heteroatoms. The second kappa shape index (κ2) is 6.71. The molecule has 0 aliphatic heterocycles. The maximum atomic E-state index is 11.2. The number of aromatic carboxylic acids is 1. The van der Waals surface area contributed by atoms with Gasteiger partial charge in [-0.05, 0) is 12.1 Å². The van der Waals surface area contributed by atoms with Gasteiger partial charge in [-0.25, -0.2) is 4.79 Å². The molecule has 0 radical (unpaired) electrons. The molecule has 6 nitrogen and oxygen atoms in total. The fraction of sp³-hybridized carbons (Fsp3) is 0.188. The predicted octanol–water partition coefficient (Wildman–Crippen LogP) is 3.20. The molecule has 0 aromatic heterocycles. The van der Waals surface area contributed by atoms with E-state index in [9.17, 15) is 9.90 Å². The summed E-state index contributed by atoms with van der Waals surface area (Å²) in [6.07, 6.45) is 0. The van der Waals surface area contributed by atoms with E-state index in [2.05, 4.69) is 0 Å². The van der Waals surface area contributed by atoms with Crippen molar-refractivity contribution in [1.82, 2.24) is 0 Å². The van der Waals surface area contributed by atoms with E-state index in [1.165, 1.54) is 27.4 Å². The Morgan fingerprint density at radius 1 is 0.909 bits per heavy atom. The third kappa shape index (κ3) is 3.06. The number of hydrogen-bond acceptors (Lipinski definition) is 5. The van der Waals surface area contributed by atoms with Gasteiger partial charge in [-0.1, -0.05) is 12.1 Å². The molecule has 0 bridgehead atoms. The van der Waals surface area contributed by atoms with Crippen molar-refractivity contribution in [2.45, 2.75) is 0 Å². The van der Waals surface area contributed by atoms with Crippen molar-refractivity contribution >= 4 is 5.97 Å². The van der Waals surface area contributed by atoms with Gasteiger partial charge < -0.3 is 24.1 Å². The Labute approximate surface area is 127 Å². The van der Waals surface area contributed by atoms with Crippen molar-refractivity contribution in [2.75, 3.05) is 21.3 Å². The van der Waals surface area contributed by atoms with E-state index in [4.69, 9.17) is 18.9 Å². The Morgan fingerprint density at radius 2 is 1.50 bits per heavy atom. The van der Waals surface area contributed by atoms with Crippen LogP contribution in [0.5, 0.6) is 28.7 Å². The monoisotopic (exact) mass is 304 g/mol. The standard InChI is InChI=1S/C16H16O6/c1-19-13-8-10(9-14(20-2)15(13)21-3)22-12-7-5-4-6-11(12)16(17)18/h4-9H,1-3H3,(H,17,18). The maximum absolute atomic E-state index is 11.2. The normalized spacial score (nSPS) is 9.95. The summed E-state index contributed by atoms with van der Waals surface area (Å²) in [4.78, 5) is 11.2. The third-order valence-electron chi connectivity index (χ3n) is 2.98. The van der Waals surface area contributed by atoms with Gasteiger partial charge in [0.2, 0.25) is 5.75 Å². The van der Waals surface area contributed by atoms with Crippen LogP contribution < -0.4 is 18.9 Å². The molecular formula is C16H16O6. The smallest absolute Gasteiger partial charge is 0.339 e.